The molecule has 0 aliphatic carbocycles. The van der Waals surface area contributed by atoms with Crippen LogP contribution < -0.4 is 0 Å². The van der Waals surface area contributed by atoms with Crippen LogP contribution in [0.15, 0.2) is 24.3 Å². The normalized spacial score (nSPS) is 12.9. The number of aliphatic hydroxyl groups is 1. The molecule has 102 valence electrons. The Morgan fingerprint density at radius 1 is 1.22 bits per heavy atom. The van der Waals surface area contributed by atoms with Gasteiger partial charge in [0.1, 0.15) is 0 Å². The van der Waals surface area contributed by atoms with Gasteiger partial charge in [0.15, 0.2) is 0 Å². The number of rotatable bonds is 8. The highest BCUT2D eigenvalue weighted by Crippen LogP contribution is 2.19. The van der Waals surface area contributed by atoms with Gasteiger partial charge in [-0.3, -0.25) is 0 Å². The Labute approximate surface area is 111 Å². The minimum Gasteiger partial charge on any atom is -0.388 e. The van der Waals surface area contributed by atoms with Crippen LogP contribution in [0.5, 0.6) is 0 Å². The van der Waals surface area contributed by atoms with Gasteiger partial charge in [0.05, 0.1) is 6.10 Å². The van der Waals surface area contributed by atoms with Crippen molar-refractivity contribution in [2.24, 2.45) is 5.92 Å². The van der Waals surface area contributed by atoms with Gasteiger partial charge < -0.3 is 9.84 Å². The van der Waals surface area contributed by atoms with E-state index >= 15 is 0 Å². The van der Waals surface area contributed by atoms with Gasteiger partial charge in [-0.1, -0.05) is 45.0 Å². The number of hydrogen-bond acceptors (Lipinski definition) is 2. The average Bonchev–Trinajstić information content (AvgIpc) is 2.34. The van der Waals surface area contributed by atoms with E-state index in [1.165, 1.54) is 5.56 Å². The summed E-state index contributed by atoms with van der Waals surface area (Å²) >= 11 is 0. The Hall–Kier alpha value is -0.860. The predicted molar refractivity (Wildman–Crippen MR) is 75.7 cm³/mol. The molecular formula is C16H26O2. The van der Waals surface area contributed by atoms with Gasteiger partial charge in [0, 0.05) is 19.6 Å². The lowest BCUT2D eigenvalue weighted by Gasteiger charge is -2.13. The summed E-state index contributed by atoms with van der Waals surface area (Å²) in [5, 5.41) is 10.1. The van der Waals surface area contributed by atoms with Gasteiger partial charge in [-0.2, -0.15) is 0 Å². The molecule has 0 bridgehead atoms. The molecule has 0 saturated carbocycles. The van der Waals surface area contributed by atoms with Crippen molar-refractivity contribution in [1.82, 2.24) is 0 Å². The summed E-state index contributed by atoms with van der Waals surface area (Å²) in [4.78, 5) is 0. The number of hydrogen-bond donors (Lipinski definition) is 1. The average molecular weight is 250 g/mol. The van der Waals surface area contributed by atoms with E-state index in [0.29, 0.717) is 18.9 Å². The molecule has 0 radical (unpaired) electrons. The monoisotopic (exact) mass is 250 g/mol. The fourth-order valence-electron chi connectivity index (χ4n) is 2.01. The topological polar surface area (TPSA) is 29.5 Å². The standard InChI is InChI=1S/C16H26O2/c1-4-9-18-10-8-16(17)15-7-5-6-14(12-15)11-13(2)3/h5-7,12-13,16-17H,4,8-11H2,1-3H3. The molecule has 0 heterocycles. The van der Waals surface area contributed by atoms with Crippen LogP contribution in [-0.4, -0.2) is 18.3 Å². The first-order valence-electron chi connectivity index (χ1n) is 6.98. The molecule has 0 aromatic heterocycles. The fraction of sp³-hybridized carbons (Fsp3) is 0.625. The summed E-state index contributed by atoms with van der Waals surface area (Å²) in [6.07, 6.45) is 2.35. The van der Waals surface area contributed by atoms with Crippen LogP contribution in [0.1, 0.15) is 50.8 Å². The van der Waals surface area contributed by atoms with Gasteiger partial charge in [-0.05, 0) is 29.9 Å². The van der Waals surface area contributed by atoms with E-state index < -0.39 is 6.10 Å². The third kappa shape index (κ3) is 5.65. The third-order valence-electron chi connectivity index (χ3n) is 2.86. The largest absolute Gasteiger partial charge is 0.388 e. The molecule has 0 aliphatic rings. The fourth-order valence-corrected chi connectivity index (χ4v) is 2.01. The van der Waals surface area contributed by atoms with Crippen molar-refractivity contribution < 1.29 is 9.84 Å². The second kappa shape index (κ2) is 8.28. The van der Waals surface area contributed by atoms with Gasteiger partial charge in [-0.25, -0.2) is 0 Å². The smallest absolute Gasteiger partial charge is 0.0812 e. The van der Waals surface area contributed by atoms with Crippen molar-refractivity contribution in [3.05, 3.63) is 35.4 Å². The van der Waals surface area contributed by atoms with E-state index in [1.807, 2.05) is 12.1 Å². The molecule has 0 aliphatic heterocycles. The van der Waals surface area contributed by atoms with Crippen molar-refractivity contribution in [1.29, 1.82) is 0 Å². The van der Waals surface area contributed by atoms with Gasteiger partial charge in [-0.15, -0.1) is 0 Å². The summed E-state index contributed by atoms with van der Waals surface area (Å²) in [6.45, 7) is 7.92. The molecule has 1 rings (SSSR count). The molecule has 2 nitrogen and oxygen atoms in total. The van der Waals surface area contributed by atoms with E-state index in [2.05, 4.69) is 32.9 Å². The molecule has 2 heteroatoms. The SMILES string of the molecule is CCCOCCC(O)c1cccc(CC(C)C)c1. The van der Waals surface area contributed by atoms with Crippen LogP contribution in [-0.2, 0) is 11.2 Å². The predicted octanol–water partition coefficient (Wildman–Crippen LogP) is 3.74. The maximum atomic E-state index is 10.1. The summed E-state index contributed by atoms with van der Waals surface area (Å²) in [5.74, 6) is 0.644. The summed E-state index contributed by atoms with van der Waals surface area (Å²) in [7, 11) is 0. The third-order valence-corrected chi connectivity index (χ3v) is 2.86. The van der Waals surface area contributed by atoms with Crippen molar-refractivity contribution >= 4 is 0 Å². The molecule has 1 atom stereocenters. The first-order chi connectivity index (χ1) is 8.63. The van der Waals surface area contributed by atoms with Crippen molar-refractivity contribution in [3.8, 4) is 0 Å². The number of ether oxygens (including phenoxy) is 1. The van der Waals surface area contributed by atoms with Crippen LogP contribution in [0.4, 0.5) is 0 Å². The first kappa shape index (κ1) is 15.2. The Morgan fingerprint density at radius 3 is 2.67 bits per heavy atom. The maximum Gasteiger partial charge on any atom is 0.0812 e. The van der Waals surface area contributed by atoms with Crippen LogP contribution in [0.3, 0.4) is 0 Å². The highest BCUT2D eigenvalue weighted by molar-refractivity contribution is 5.25. The molecule has 0 amide bonds. The first-order valence-corrected chi connectivity index (χ1v) is 6.98. The van der Waals surface area contributed by atoms with Crippen LogP contribution in [0.25, 0.3) is 0 Å². The summed E-state index contributed by atoms with van der Waals surface area (Å²) < 4.78 is 5.41. The Morgan fingerprint density at radius 2 is 2.00 bits per heavy atom. The van der Waals surface area contributed by atoms with E-state index in [1.54, 1.807) is 0 Å². The molecule has 1 N–H and O–H groups in total. The minimum atomic E-state index is -0.408. The highest BCUT2D eigenvalue weighted by atomic mass is 16.5. The van der Waals surface area contributed by atoms with Gasteiger partial charge >= 0.3 is 0 Å². The van der Waals surface area contributed by atoms with Crippen LogP contribution >= 0.6 is 0 Å². The molecule has 0 saturated heterocycles. The van der Waals surface area contributed by atoms with Crippen LogP contribution in [0, 0.1) is 5.92 Å². The van der Waals surface area contributed by atoms with Crippen molar-refractivity contribution in [2.75, 3.05) is 13.2 Å². The molecule has 18 heavy (non-hydrogen) atoms. The van der Waals surface area contributed by atoms with E-state index in [4.69, 9.17) is 4.74 Å². The van der Waals surface area contributed by atoms with Crippen molar-refractivity contribution in [2.45, 2.75) is 46.1 Å². The second-order valence-corrected chi connectivity index (χ2v) is 5.26. The molecular weight excluding hydrogens is 224 g/mol. The Balaban J connectivity index is 2.48. The quantitative estimate of drug-likeness (QED) is 0.712. The van der Waals surface area contributed by atoms with Gasteiger partial charge in [0.25, 0.3) is 0 Å². The molecule has 0 fully saturated rings. The van der Waals surface area contributed by atoms with Crippen LogP contribution in [0.2, 0.25) is 0 Å². The highest BCUT2D eigenvalue weighted by Gasteiger charge is 2.08. The van der Waals surface area contributed by atoms with Gasteiger partial charge in [0.2, 0.25) is 0 Å². The van der Waals surface area contributed by atoms with Crippen molar-refractivity contribution in [3.63, 3.8) is 0 Å². The van der Waals surface area contributed by atoms with E-state index in [9.17, 15) is 5.11 Å². The minimum absolute atomic E-state index is 0.408. The zero-order valence-electron chi connectivity index (χ0n) is 11.9. The number of aliphatic hydroxyl groups excluding tert-OH is 1. The zero-order valence-corrected chi connectivity index (χ0v) is 11.9. The van der Waals surface area contributed by atoms with E-state index in [-0.39, 0.29) is 0 Å². The molecule has 1 unspecified atom stereocenters. The summed E-state index contributed by atoms with van der Waals surface area (Å²) in [5.41, 5.74) is 2.31. The number of benzene rings is 1. The zero-order chi connectivity index (χ0) is 13.4. The lowest BCUT2D eigenvalue weighted by atomic mass is 9.98. The molecule has 1 aromatic carbocycles. The second-order valence-electron chi connectivity index (χ2n) is 5.26. The molecule has 1 aromatic rings. The van der Waals surface area contributed by atoms with E-state index in [0.717, 1.165) is 25.0 Å². The summed E-state index contributed by atoms with van der Waals surface area (Å²) in [6, 6.07) is 8.27. The lowest BCUT2D eigenvalue weighted by Crippen LogP contribution is -2.05. The molecule has 0 spiro atoms. The Bertz CT molecular complexity index is 334. The Kier molecular flexibility index (Phi) is 6.99. The lowest BCUT2D eigenvalue weighted by molar-refractivity contribution is 0.0822. The maximum absolute atomic E-state index is 10.1.